The molecule has 0 saturated heterocycles. The first-order valence-electron chi connectivity index (χ1n) is 3.43. The van der Waals surface area contributed by atoms with Gasteiger partial charge in [-0.25, -0.2) is 4.79 Å². The molecule has 0 saturated carbocycles. The highest BCUT2D eigenvalue weighted by molar-refractivity contribution is 9.25. The largest absolute Gasteiger partial charge is 0.461 e. The van der Waals surface area contributed by atoms with E-state index in [0.29, 0.717) is 5.92 Å². The monoisotopic (exact) mass is 286 g/mol. The van der Waals surface area contributed by atoms with E-state index in [4.69, 9.17) is 4.74 Å². The third kappa shape index (κ3) is 4.80. The van der Waals surface area contributed by atoms with Gasteiger partial charge in [-0.15, -0.1) is 0 Å². The van der Waals surface area contributed by atoms with Crippen LogP contribution in [0.2, 0.25) is 0 Å². The lowest BCUT2D eigenvalue weighted by Crippen LogP contribution is -2.23. The minimum Gasteiger partial charge on any atom is -0.461 e. The summed E-state index contributed by atoms with van der Waals surface area (Å²) in [4.78, 5) is 10.9. The number of rotatable bonds is 3. The zero-order valence-electron chi connectivity index (χ0n) is 6.80. The van der Waals surface area contributed by atoms with Gasteiger partial charge in [0.2, 0.25) is 0 Å². The Kier molecular flexibility index (Phi) is 5.34. The van der Waals surface area contributed by atoms with Gasteiger partial charge in [0.1, 0.15) is 6.10 Å². The van der Waals surface area contributed by atoms with Gasteiger partial charge in [-0.05, 0) is 12.8 Å². The van der Waals surface area contributed by atoms with E-state index in [-0.39, 0.29) is 12.1 Å². The molecule has 0 aliphatic rings. The van der Waals surface area contributed by atoms with Crippen molar-refractivity contribution in [3.8, 4) is 0 Å². The van der Waals surface area contributed by atoms with Gasteiger partial charge >= 0.3 is 5.97 Å². The molecule has 0 aromatic carbocycles. The van der Waals surface area contributed by atoms with Crippen LogP contribution >= 0.6 is 31.9 Å². The van der Waals surface area contributed by atoms with Crippen LogP contribution in [-0.2, 0) is 9.53 Å². The maximum atomic E-state index is 10.9. The Morgan fingerprint density at radius 3 is 2.00 bits per heavy atom. The second-order valence-electron chi connectivity index (χ2n) is 2.69. The van der Waals surface area contributed by atoms with Gasteiger partial charge in [0, 0.05) is 0 Å². The van der Waals surface area contributed by atoms with Gasteiger partial charge in [0.25, 0.3) is 0 Å². The molecule has 0 bridgehead atoms. The van der Waals surface area contributed by atoms with E-state index in [1.165, 1.54) is 0 Å². The summed E-state index contributed by atoms with van der Waals surface area (Å²) in [7, 11) is 0. The number of hydrogen-bond donors (Lipinski definition) is 0. The van der Waals surface area contributed by atoms with Crippen molar-refractivity contribution in [1.29, 1.82) is 0 Å². The summed E-state index contributed by atoms with van der Waals surface area (Å²) in [5.74, 6) is 0.0869. The van der Waals surface area contributed by atoms with Crippen molar-refractivity contribution < 1.29 is 9.53 Å². The van der Waals surface area contributed by atoms with Crippen molar-refractivity contribution in [1.82, 2.24) is 0 Å². The van der Waals surface area contributed by atoms with E-state index in [2.05, 4.69) is 31.9 Å². The summed E-state index contributed by atoms with van der Waals surface area (Å²) in [5, 5.41) is 0. The Labute approximate surface area is 83.9 Å². The number of ether oxygens (including phenoxy) is 1. The van der Waals surface area contributed by atoms with Gasteiger partial charge in [-0.3, -0.25) is 0 Å². The van der Waals surface area contributed by atoms with Crippen molar-refractivity contribution in [3.05, 3.63) is 0 Å². The highest BCUT2D eigenvalue weighted by Gasteiger charge is 2.17. The minimum absolute atomic E-state index is 0.0277. The van der Waals surface area contributed by atoms with Gasteiger partial charge < -0.3 is 4.74 Å². The fourth-order valence-corrected chi connectivity index (χ4v) is 0.587. The third-order valence-corrected chi connectivity index (χ3v) is 2.17. The molecule has 0 aliphatic carbocycles. The first kappa shape index (κ1) is 11.4. The summed E-state index contributed by atoms with van der Waals surface area (Å²) >= 11 is 6.12. The van der Waals surface area contributed by atoms with E-state index in [9.17, 15) is 4.79 Å². The van der Waals surface area contributed by atoms with Crippen molar-refractivity contribution in [2.75, 3.05) is 0 Å². The smallest absolute Gasteiger partial charge is 0.330 e. The highest BCUT2D eigenvalue weighted by Crippen LogP contribution is 2.13. The zero-order chi connectivity index (χ0) is 9.02. The van der Waals surface area contributed by atoms with Crippen molar-refractivity contribution in [2.24, 2.45) is 5.92 Å². The quantitative estimate of drug-likeness (QED) is 0.589. The molecule has 0 fully saturated rings. The molecular formula is C7H12Br2O2. The molecule has 0 radical (unpaired) electrons. The van der Waals surface area contributed by atoms with Crippen molar-refractivity contribution in [2.45, 2.75) is 30.6 Å². The van der Waals surface area contributed by atoms with Crippen LogP contribution in [0.1, 0.15) is 20.8 Å². The van der Waals surface area contributed by atoms with Gasteiger partial charge in [-0.2, -0.15) is 0 Å². The molecule has 11 heavy (non-hydrogen) atoms. The predicted molar refractivity (Wildman–Crippen MR) is 52.0 cm³/mol. The lowest BCUT2D eigenvalue weighted by Gasteiger charge is -2.16. The Bertz CT molecular complexity index is 134. The fourth-order valence-electron chi connectivity index (χ4n) is 0.371. The maximum Gasteiger partial charge on any atom is 0.330 e. The summed E-state index contributed by atoms with van der Waals surface area (Å²) in [6, 6.07) is 0. The summed E-state index contributed by atoms with van der Waals surface area (Å²) < 4.78 is 4.65. The van der Waals surface area contributed by atoms with Crippen LogP contribution in [0.25, 0.3) is 0 Å². The summed E-state index contributed by atoms with van der Waals surface area (Å²) in [5.41, 5.74) is 0. The van der Waals surface area contributed by atoms with E-state index < -0.39 is 3.74 Å². The molecule has 0 N–H and O–H groups in total. The normalized spacial score (nSPS) is 13.7. The molecule has 66 valence electrons. The van der Waals surface area contributed by atoms with Crippen molar-refractivity contribution in [3.63, 3.8) is 0 Å². The summed E-state index contributed by atoms with van der Waals surface area (Å²) in [6.07, 6.45) is -0.0277. The van der Waals surface area contributed by atoms with Crippen LogP contribution in [0.5, 0.6) is 0 Å². The molecule has 0 amide bonds. The first-order valence-corrected chi connectivity index (χ1v) is 5.27. The average Bonchev–Trinajstić information content (AvgIpc) is 1.87. The van der Waals surface area contributed by atoms with E-state index in [0.717, 1.165) is 0 Å². The number of carbonyl (C=O) groups excluding carboxylic acids is 1. The van der Waals surface area contributed by atoms with Crippen LogP contribution in [-0.4, -0.2) is 15.8 Å². The summed E-state index contributed by atoms with van der Waals surface area (Å²) in [6.45, 7) is 5.90. The lowest BCUT2D eigenvalue weighted by atomic mass is 10.1. The predicted octanol–water partition coefficient (Wildman–Crippen LogP) is 2.69. The second kappa shape index (κ2) is 5.14. The highest BCUT2D eigenvalue weighted by atomic mass is 79.9. The topological polar surface area (TPSA) is 26.3 Å². The zero-order valence-corrected chi connectivity index (χ0v) is 9.98. The van der Waals surface area contributed by atoms with Crippen LogP contribution in [0.3, 0.4) is 0 Å². The number of halogens is 2. The minimum atomic E-state index is -0.392. The van der Waals surface area contributed by atoms with Gasteiger partial charge in [0.05, 0.1) is 0 Å². The number of alkyl halides is 2. The van der Waals surface area contributed by atoms with Crippen LogP contribution < -0.4 is 0 Å². The van der Waals surface area contributed by atoms with Crippen molar-refractivity contribution >= 4 is 37.8 Å². The standard InChI is InChI=1S/C7H12Br2O2/c1-4(2)5(3)11-7(10)6(8)9/h4-6H,1-3H3. The van der Waals surface area contributed by atoms with Crippen LogP contribution in [0.4, 0.5) is 0 Å². The van der Waals surface area contributed by atoms with Gasteiger partial charge in [0.15, 0.2) is 3.74 Å². The molecule has 2 nitrogen and oxygen atoms in total. The molecule has 0 aromatic heterocycles. The Morgan fingerprint density at radius 1 is 1.27 bits per heavy atom. The van der Waals surface area contributed by atoms with E-state index in [1.54, 1.807) is 0 Å². The molecule has 0 aromatic rings. The molecule has 0 aliphatic heterocycles. The first-order chi connectivity index (χ1) is 4.95. The Morgan fingerprint density at radius 2 is 1.73 bits per heavy atom. The average molecular weight is 288 g/mol. The Hall–Kier alpha value is 0.430. The molecule has 0 spiro atoms. The van der Waals surface area contributed by atoms with Gasteiger partial charge in [-0.1, -0.05) is 45.7 Å². The number of hydrogen-bond acceptors (Lipinski definition) is 2. The van der Waals surface area contributed by atoms with Crippen LogP contribution in [0.15, 0.2) is 0 Å². The molecule has 0 rings (SSSR count). The molecular weight excluding hydrogens is 276 g/mol. The molecule has 1 unspecified atom stereocenters. The second-order valence-corrected chi connectivity index (χ2v) is 5.75. The molecule has 4 heteroatoms. The lowest BCUT2D eigenvalue weighted by molar-refractivity contribution is -0.147. The van der Waals surface area contributed by atoms with E-state index in [1.807, 2.05) is 20.8 Å². The maximum absolute atomic E-state index is 10.9. The SMILES string of the molecule is CC(C)C(C)OC(=O)C(Br)Br. The number of esters is 1. The Balaban J connectivity index is 3.76. The molecule has 0 heterocycles. The third-order valence-electron chi connectivity index (χ3n) is 1.42. The van der Waals surface area contributed by atoms with E-state index >= 15 is 0 Å². The van der Waals surface area contributed by atoms with Crippen LogP contribution in [0, 0.1) is 5.92 Å². The number of carbonyl (C=O) groups is 1. The fraction of sp³-hybridized carbons (Fsp3) is 0.857. The molecule has 1 atom stereocenters.